The van der Waals surface area contributed by atoms with Crippen molar-refractivity contribution < 1.29 is 9.18 Å². The molecular formula is C19H20FNO. The lowest BCUT2D eigenvalue weighted by Crippen LogP contribution is -2.29. The van der Waals surface area contributed by atoms with Crippen LogP contribution >= 0.6 is 0 Å². The lowest BCUT2D eigenvalue weighted by Gasteiger charge is -2.17. The number of hydrogen-bond acceptors (Lipinski definition) is 1. The van der Waals surface area contributed by atoms with Gasteiger partial charge in [0.25, 0.3) is 0 Å². The SMILES string of the molecule is Cc1cccc(CC(=O)N2CC[C@H](c3cccc(F)c3)C2)c1. The number of aryl methyl sites for hydroxylation is 1. The van der Waals surface area contributed by atoms with E-state index in [2.05, 4.69) is 6.07 Å². The maximum atomic E-state index is 13.3. The number of carbonyl (C=O) groups excluding carboxylic acids is 1. The number of carbonyl (C=O) groups is 1. The minimum atomic E-state index is -0.206. The van der Waals surface area contributed by atoms with E-state index >= 15 is 0 Å². The summed E-state index contributed by atoms with van der Waals surface area (Å²) in [6.45, 7) is 3.48. The third-order valence-corrected chi connectivity index (χ3v) is 4.30. The summed E-state index contributed by atoms with van der Waals surface area (Å²) in [6, 6.07) is 14.8. The first-order valence-electron chi connectivity index (χ1n) is 7.70. The summed E-state index contributed by atoms with van der Waals surface area (Å²) in [5.74, 6) is 0.198. The van der Waals surface area contributed by atoms with Crippen molar-refractivity contribution in [1.82, 2.24) is 4.90 Å². The second-order valence-electron chi connectivity index (χ2n) is 6.05. The summed E-state index contributed by atoms with van der Waals surface area (Å²) in [5, 5.41) is 0. The maximum Gasteiger partial charge on any atom is 0.227 e. The first-order valence-corrected chi connectivity index (χ1v) is 7.70. The van der Waals surface area contributed by atoms with Gasteiger partial charge in [0.05, 0.1) is 6.42 Å². The fourth-order valence-corrected chi connectivity index (χ4v) is 3.13. The van der Waals surface area contributed by atoms with Crippen LogP contribution in [0, 0.1) is 12.7 Å². The van der Waals surface area contributed by atoms with Gasteiger partial charge < -0.3 is 4.90 Å². The third-order valence-electron chi connectivity index (χ3n) is 4.30. The Hall–Kier alpha value is -2.16. The van der Waals surface area contributed by atoms with E-state index in [1.165, 1.54) is 11.6 Å². The zero-order valence-electron chi connectivity index (χ0n) is 12.8. The molecule has 1 heterocycles. The van der Waals surface area contributed by atoms with E-state index in [-0.39, 0.29) is 17.6 Å². The molecule has 0 saturated carbocycles. The molecule has 3 heteroatoms. The molecule has 22 heavy (non-hydrogen) atoms. The van der Waals surface area contributed by atoms with Gasteiger partial charge in [-0.3, -0.25) is 4.79 Å². The smallest absolute Gasteiger partial charge is 0.227 e. The molecule has 2 nitrogen and oxygen atoms in total. The van der Waals surface area contributed by atoms with Crippen LogP contribution in [0.25, 0.3) is 0 Å². The van der Waals surface area contributed by atoms with E-state index < -0.39 is 0 Å². The van der Waals surface area contributed by atoms with Crippen LogP contribution in [0.15, 0.2) is 48.5 Å². The second-order valence-corrected chi connectivity index (χ2v) is 6.05. The Balaban J connectivity index is 1.63. The van der Waals surface area contributed by atoms with Gasteiger partial charge in [0.1, 0.15) is 5.82 Å². The summed E-state index contributed by atoms with van der Waals surface area (Å²) in [4.78, 5) is 14.3. The topological polar surface area (TPSA) is 20.3 Å². The van der Waals surface area contributed by atoms with Crippen LogP contribution in [0.2, 0.25) is 0 Å². The van der Waals surface area contributed by atoms with Crippen LogP contribution in [0.1, 0.15) is 29.0 Å². The molecule has 1 fully saturated rings. The van der Waals surface area contributed by atoms with E-state index in [0.29, 0.717) is 13.0 Å². The summed E-state index contributed by atoms with van der Waals surface area (Å²) >= 11 is 0. The van der Waals surface area contributed by atoms with E-state index in [4.69, 9.17) is 0 Å². The molecule has 1 saturated heterocycles. The predicted molar refractivity (Wildman–Crippen MR) is 85.2 cm³/mol. The van der Waals surface area contributed by atoms with Gasteiger partial charge in [0, 0.05) is 19.0 Å². The number of likely N-dealkylation sites (tertiary alicyclic amines) is 1. The molecule has 114 valence electrons. The number of amides is 1. The van der Waals surface area contributed by atoms with Crippen LogP contribution in [-0.2, 0) is 11.2 Å². The number of nitrogens with zero attached hydrogens (tertiary/aromatic N) is 1. The lowest BCUT2D eigenvalue weighted by molar-refractivity contribution is -0.129. The quantitative estimate of drug-likeness (QED) is 0.846. The van der Waals surface area contributed by atoms with Crippen molar-refractivity contribution >= 4 is 5.91 Å². The molecule has 0 aliphatic carbocycles. The molecule has 0 aromatic heterocycles. The Kier molecular flexibility index (Phi) is 4.23. The fourth-order valence-electron chi connectivity index (χ4n) is 3.13. The van der Waals surface area contributed by atoms with E-state index in [9.17, 15) is 9.18 Å². The molecule has 2 aromatic rings. The van der Waals surface area contributed by atoms with Gasteiger partial charge in [0.2, 0.25) is 5.91 Å². The van der Waals surface area contributed by atoms with Crippen molar-refractivity contribution in [2.75, 3.05) is 13.1 Å². The molecule has 1 aliphatic heterocycles. The lowest BCUT2D eigenvalue weighted by atomic mass is 9.98. The van der Waals surface area contributed by atoms with E-state index in [1.54, 1.807) is 12.1 Å². The van der Waals surface area contributed by atoms with Gasteiger partial charge in [-0.05, 0) is 36.6 Å². The minimum absolute atomic E-state index is 0.157. The molecule has 1 atom stereocenters. The monoisotopic (exact) mass is 297 g/mol. The first-order chi connectivity index (χ1) is 10.6. The van der Waals surface area contributed by atoms with Crippen molar-refractivity contribution in [3.63, 3.8) is 0 Å². The van der Waals surface area contributed by atoms with Gasteiger partial charge in [-0.2, -0.15) is 0 Å². The molecular weight excluding hydrogens is 277 g/mol. The highest BCUT2D eigenvalue weighted by Gasteiger charge is 2.27. The largest absolute Gasteiger partial charge is 0.342 e. The van der Waals surface area contributed by atoms with Crippen molar-refractivity contribution in [1.29, 1.82) is 0 Å². The minimum Gasteiger partial charge on any atom is -0.342 e. The Morgan fingerprint density at radius 1 is 1.23 bits per heavy atom. The van der Waals surface area contributed by atoms with Crippen LogP contribution in [0.4, 0.5) is 4.39 Å². The summed E-state index contributed by atoms with van der Waals surface area (Å²) in [6.07, 6.45) is 1.35. The predicted octanol–water partition coefficient (Wildman–Crippen LogP) is 3.69. The molecule has 0 unspecified atom stereocenters. The number of halogens is 1. The van der Waals surface area contributed by atoms with Gasteiger partial charge in [-0.1, -0.05) is 42.0 Å². The molecule has 1 aliphatic rings. The molecule has 0 N–H and O–H groups in total. The van der Waals surface area contributed by atoms with E-state index in [0.717, 1.165) is 24.1 Å². The molecule has 0 bridgehead atoms. The highest BCUT2D eigenvalue weighted by molar-refractivity contribution is 5.79. The summed E-state index contributed by atoms with van der Waals surface area (Å²) in [7, 11) is 0. The van der Waals surface area contributed by atoms with E-state index in [1.807, 2.05) is 36.1 Å². The fraction of sp³-hybridized carbons (Fsp3) is 0.316. The highest BCUT2D eigenvalue weighted by Crippen LogP contribution is 2.28. The number of benzene rings is 2. The summed E-state index contributed by atoms with van der Waals surface area (Å²) < 4.78 is 13.3. The van der Waals surface area contributed by atoms with Crippen molar-refractivity contribution in [2.24, 2.45) is 0 Å². The molecule has 1 amide bonds. The average molecular weight is 297 g/mol. The Morgan fingerprint density at radius 2 is 2.05 bits per heavy atom. The van der Waals surface area contributed by atoms with Crippen LogP contribution in [-0.4, -0.2) is 23.9 Å². The average Bonchev–Trinajstić information content (AvgIpc) is 2.97. The van der Waals surface area contributed by atoms with Gasteiger partial charge >= 0.3 is 0 Å². The van der Waals surface area contributed by atoms with Gasteiger partial charge in [-0.25, -0.2) is 4.39 Å². The third kappa shape index (κ3) is 3.35. The molecule has 2 aromatic carbocycles. The zero-order chi connectivity index (χ0) is 15.5. The molecule has 0 radical (unpaired) electrons. The zero-order valence-corrected chi connectivity index (χ0v) is 12.8. The Morgan fingerprint density at radius 3 is 2.82 bits per heavy atom. The van der Waals surface area contributed by atoms with Crippen LogP contribution in [0.5, 0.6) is 0 Å². The van der Waals surface area contributed by atoms with Crippen LogP contribution in [0.3, 0.4) is 0 Å². The standard InChI is InChI=1S/C19H20FNO/c1-14-4-2-5-15(10-14)11-19(22)21-9-8-17(13-21)16-6-3-7-18(20)12-16/h2-7,10,12,17H,8-9,11,13H2,1H3/t17-/m0/s1. The van der Waals surface area contributed by atoms with Crippen molar-refractivity contribution in [2.45, 2.75) is 25.7 Å². The Bertz CT molecular complexity index is 683. The van der Waals surface area contributed by atoms with Crippen molar-refractivity contribution in [3.05, 3.63) is 71.0 Å². The van der Waals surface area contributed by atoms with Gasteiger partial charge in [0.15, 0.2) is 0 Å². The highest BCUT2D eigenvalue weighted by atomic mass is 19.1. The number of rotatable bonds is 3. The van der Waals surface area contributed by atoms with Crippen molar-refractivity contribution in [3.8, 4) is 0 Å². The van der Waals surface area contributed by atoms with Gasteiger partial charge in [-0.15, -0.1) is 0 Å². The molecule has 0 spiro atoms. The maximum absolute atomic E-state index is 13.3. The molecule has 3 rings (SSSR count). The number of hydrogen-bond donors (Lipinski definition) is 0. The second kappa shape index (κ2) is 6.30. The summed E-state index contributed by atoms with van der Waals surface area (Å²) in [5.41, 5.74) is 3.22. The normalized spacial score (nSPS) is 17.7. The Labute approximate surface area is 130 Å². The van der Waals surface area contributed by atoms with Crippen LogP contribution < -0.4 is 0 Å². The first kappa shape index (κ1) is 14.8.